The van der Waals surface area contributed by atoms with Gasteiger partial charge < -0.3 is 14.7 Å². The number of likely N-dealkylation sites (N-methyl/N-ethyl adjacent to an activating group) is 1. The van der Waals surface area contributed by atoms with Crippen molar-refractivity contribution in [3.63, 3.8) is 0 Å². The fourth-order valence-electron chi connectivity index (χ4n) is 1.18. The molecule has 0 aromatic rings. The fraction of sp³-hybridized carbons (Fsp3) is 1.00. The molecule has 0 radical (unpaired) electrons. The average molecular weight is 176 g/mol. The van der Waals surface area contributed by atoms with E-state index in [4.69, 9.17) is 4.74 Å². The lowest BCUT2D eigenvalue weighted by Crippen LogP contribution is -3.12. The maximum atomic E-state index is 9.47. The predicted molar refractivity (Wildman–Crippen MR) is 49.4 cm³/mol. The summed E-state index contributed by atoms with van der Waals surface area (Å²) in [6.07, 6.45) is -0.306. The van der Waals surface area contributed by atoms with E-state index in [0.29, 0.717) is 13.2 Å². The molecule has 2 N–H and O–H groups in total. The van der Waals surface area contributed by atoms with Crippen LogP contribution in [-0.2, 0) is 4.74 Å². The number of nitrogens with one attached hydrogen (secondary N) is 1. The molecule has 74 valence electrons. The van der Waals surface area contributed by atoms with Gasteiger partial charge in [-0.15, -0.1) is 0 Å². The Kier molecular flexibility index (Phi) is 7.45. The molecule has 12 heavy (non-hydrogen) atoms. The van der Waals surface area contributed by atoms with Gasteiger partial charge >= 0.3 is 0 Å². The molecule has 0 amide bonds. The Labute approximate surface area is 75.3 Å². The van der Waals surface area contributed by atoms with E-state index in [9.17, 15) is 5.11 Å². The molecule has 0 rings (SSSR count). The average Bonchev–Trinajstić information content (AvgIpc) is 2.10. The summed E-state index contributed by atoms with van der Waals surface area (Å²) in [5, 5.41) is 9.47. The Bertz CT molecular complexity index is 94.5. The summed E-state index contributed by atoms with van der Waals surface area (Å²) < 4.78 is 5.12. The molecule has 0 aromatic heterocycles. The van der Waals surface area contributed by atoms with Gasteiger partial charge in [-0.2, -0.15) is 0 Å². The van der Waals surface area contributed by atoms with Crippen molar-refractivity contribution in [2.75, 3.05) is 32.8 Å². The van der Waals surface area contributed by atoms with Crippen molar-refractivity contribution in [2.24, 2.45) is 0 Å². The van der Waals surface area contributed by atoms with Crippen molar-refractivity contribution < 1.29 is 14.7 Å². The lowest BCUT2D eigenvalue weighted by Gasteiger charge is -2.18. The standard InChI is InChI=1S/C9H21NO2/c1-4-10(5-2)7-9(11)8-12-6-3/h9,11H,4-8H2,1-3H3/p+1. The molecule has 3 heteroatoms. The van der Waals surface area contributed by atoms with E-state index in [1.165, 1.54) is 4.90 Å². The number of aliphatic hydroxyl groups excluding tert-OH is 1. The topological polar surface area (TPSA) is 33.9 Å². The van der Waals surface area contributed by atoms with Crippen LogP contribution >= 0.6 is 0 Å². The Balaban J connectivity index is 3.44. The van der Waals surface area contributed by atoms with E-state index in [1.54, 1.807) is 0 Å². The first-order valence-electron chi connectivity index (χ1n) is 4.83. The molecule has 0 heterocycles. The van der Waals surface area contributed by atoms with Gasteiger partial charge in [0.1, 0.15) is 12.6 Å². The smallest absolute Gasteiger partial charge is 0.126 e. The van der Waals surface area contributed by atoms with Crippen LogP contribution < -0.4 is 4.90 Å². The van der Waals surface area contributed by atoms with Gasteiger partial charge in [0, 0.05) is 6.61 Å². The second kappa shape index (κ2) is 7.53. The van der Waals surface area contributed by atoms with E-state index in [1.807, 2.05) is 6.92 Å². The third-order valence-corrected chi connectivity index (χ3v) is 2.04. The molecule has 0 spiro atoms. The van der Waals surface area contributed by atoms with Crippen molar-refractivity contribution in [3.8, 4) is 0 Å². The molecule has 0 aliphatic rings. The molecule has 0 aliphatic carbocycles. The summed E-state index contributed by atoms with van der Waals surface area (Å²) in [6, 6.07) is 0. The summed E-state index contributed by atoms with van der Waals surface area (Å²) in [7, 11) is 0. The number of rotatable bonds is 7. The molecule has 0 saturated carbocycles. The minimum Gasteiger partial charge on any atom is -0.385 e. The highest BCUT2D eigenvalue weighted by atomic mass is 16.5. The van der Waals surface area contributed by atoms with Crippen LogP contribution in [0.1, 0.15) is 20.8 Å². The van der Waals surface area contributed by atoms with Crippen molar-refractivity contribution in [3.05, 3.63) is 0 Å². The van der Waals surface area contributed by atoms with Crippen LogP contribution in [0.4, 0.5) is 0 Å². The number of ether oxygens (including phenoxy) is 1. The van der Waals surface area contributed by atoms with Gasteiger partial charge in [-0.25, -0.2) is 0 Å². The van der Waals surface area contributed by atoms with E-state index in [2.05, 4.69) is 13.8 Å². The van der Waals surface area contributed by atoms with Crippen molar-refractivity contribution in [1.29, 1.82) is 0 Å². The molecule has 0 aliphatic heterocycles. The second-order valence-electron chi connectivity index (χ2n) is 2.97. The number of quaternary nitrogens is 1. The zero-order valence-electron chi connectivity index (χ0n) is 8.47. The highest BCUT2D eigenvalue weighted by molar-refractivity contribution is 4.48. The highest BCUT2D eigenvalue weighted by Crippen LogP contribution is 1.80. The first-order chi connectivity index (χ1) is 5.74. The van der Waals surface area contributed by atoms with Gasteiger partial charge in [-0.05, 0) is 20.8 Å². The van der Waals surface area contributed by atoms with Crippen LogP contribution in [-0.4, -0.2) is 44.1 Å². The van der Waals surface area contributed by atoms with Crippen LogP contribution in [0.25, 0.3) is 0 Å². The molecular formula is C9H22NO2+. The van der Waals surface area contributed by atoms with Crippen LogP contribution in [0.5, 0.6) is 0 Å². The third kappa shape index (κ3) is 5.52. The fourth-order valence-corrected chi connectivity index (χ4v) is 1.18. The quantitative estimate of drug-likeness (QED) is 0.538. The van der Waals surface area contributed by atoms with Crippen molar-refractivity contribution >= 4 is 0 Å². The van der Waals surface area contributed by atoms with Crippen molar-refractivity contribution in [1.82, 2.24) is 0 Å². The molecule has 0 bridgehead atoms. The molecule has 1 atom stereocenters. The van der Waals surface area contributed by atoms with Gasteiger partial charge in [0.25, 0.3) is 0 Å². The molecule has 1 unspecified atom stereocenters. The zero-order valence-corrected chi connectivity index (χ0v) is 8.47. The maximum absolute atomic E-state index is 9.47. The zero-order chi connectivity index (χ0) is 9.40. The monoisotopic (exact) mass is 176 g/mol. The third-order valence-electron chi connectivity index (χ3n) is 2.04. The lowest BCUT2D eigenvalue weighted by molar-refractivity contribution is -0.899. The van der Waals surface area contributed by atoms with Gasteiger partial charge in [-0.3, -0.25) is 0 Å². The van der Waals surface area contributed by atoms with Crippen LogP contribution in [0.15, 0.2) is 0 Å². The molecule has 3 nitrogen and oxygen atoms in total. The summed E-state index contributed by atoms with van der Waals surface area (Å²) in [6.45, 7) is 10.3. The van der Waals surface area contributed by atoms with Crippen LogP contribution in [0.3, 0.4) is 0 Å². The Morgan fingerprint density at radius 1 is 1.25 bits per heavy atom. The summed E-state index contributed by atoms with van der Waals surface area (Å²) >= 11 is 0. The summed E-state index contributed by atoms with van der Waals surface area (Å²) in [5.41, 5.74) is 0. The molecule has 0 aromatic carbocycles. The van der Waals surface area contributed by atoms with Gasteiger partial charge in [0.15, 0.2) is 0 Å². The van der Waals surface area contributed by atoms with Gasteiger partial charge in [-0.1, -0.05) is 0 Å². The van der Waals surface area contributed by atoms with E-state index in [-0.39, 0.29) is 6.10 Å². The predicted octanol–water partition coefficient (Wildman–Crippen LogP) is -0.691. The second-order valence-corrected chi connectivity index (χ2v) is 2.97. The van der Waals surface area contributed by atoms with E-state index >= 15 is 0 Å². The van der Waals surface area contributed by atoms with E-state index in [0.717, 1.165) is 19.6 Å². The molecule has 0 fully saturated rings. The summed E-state index contributed by atoms with van der Waals surface area (Å²) in [5.74, 6) is 0. The normalized spacial score (nSPS) is 13.8. The number of hydrogen-bond acceptors (Lipinski definition) is 2. The van der Waals surface area contributed by atoms with Gasteiger partial charge in [0.05, 0.1) is 19.7 Å². The maximum Gasteiger partial charge on any atom is 0.126 e. The SMILES string of the molecule is CCOCC(O)C[NH+](CC)CC. The number of hydrogen-bond donors (Lipinski definition) is 2. The minimum atomic E-state index is -0.306. The largest absolute Gasteiger partial charge is 0.385 e. The Hall–Kier alpha value is -0.120. The van der Waals surface area contributed by atoms with E-state index < -0.39 is 0 Å². The Morgan fingerprint density at radius 2 is 1.83 bits per heavy atom. The van der Waals surface area contributed by atoms with Crippen LogP contribution in [0, 0.1) is 0 Å². The molecule has 0 saturated heterocycles. The number of aliphatic hydroxyl groups is 1. The first-order valence-corrected chi connectivity index (χ1v) is 4.83. The Morgan fingerprint density at radius 3 is 2.25 bits per heavy atom. The lowest BCUT2D eigenvalue weighted by atomic mass is 10.3. The van der Waals surface area contributed by atoms with Gasteiger partial charge in [0.2, 0.25) is 0 Å². The van der Waals surface area contributed by atoms with Crippen molar-refractivity contribution in [2.45, 2.75) is 26.9 Å². The van der Waals surface area contributed by atoms with Crippen LogP contribution in [0.2, 0.25) is 0 Å². The molecular weight excluding hydrogens is 154 g/mol. The first kappa shape index (κ1) is 11.9. The summed E-state index contributed by atoms with van der Waals surface area (Å²) in [4.78, 5) is 1.42. The highest BCUT2D eigenvalue weighted by Gasteiger charge is 2.10. The minimum absolute atomic E-state index is 0.306.